The molecule has 0 aliphatic rings. The van der Waals surface area contributed by atoms with Gasteiger partial charge in [-0.15, -0.1) is 0 Å². The van der Waals surface area contributed by atoms with Crippen LogP contribution >= 0.6 is 7.77 Å². The number of carbonyl (C=O) groups excluding carboxylic acids is 1. The van der Waals surface area contributed by atoms with Gasteiger partial charge in [-0.05, 0) is 13.0 Å². The summed E-state index contributed by atoms with van der Waals surface area (Å²) in [5, 5.41) is 0. The number of quaternary nitrogens is 1. The Labute approximate surface area is 109 Å². The Balaban J connectivity index is 4.79. The summed E-state index contributed by atoms with van der Waals surface area (Å²) in [4.78, 5) is 32.6. The maximum atomic E-state index is 11.9. The summed E-state index contributed by atoms with van der Waals surface area (Å²) in [5.74, 6) is -0.670. The van der Waals surface area contributed by atoms with E-state index >= 15 is 0 Å². The first-order valence-corrected chi connectivity index (χ1v) is 6.88. The third-order valence-corrected chi connectivity index (χ3v) is 3.11. The zero-order valence-corrected chi connectivity index (χ0v) is 12.3. The molecule has 1 atom stereocenters. The number of likely N-dealkylation sites (N-methyl/N-ethyl adjacent to an activating group) is 1. The van der Waals surface area contributed by atoms with Crippen LogP contribution in [0.25, 0.3) is 0 Å². The Kier molecular flexibility index (Phi) is 7.02. The predicted octanol–water partition coefficient (Wildman–Crippen LogP) is 0.817. The fourth-order valence-corrected chi connectivity index (χ4v) is 2.07. The van der Waals surface area contributed by atoms with Crippen LogP contribution in [-0.4, -0.2) is 49.8 Å². The fraction of sp³-hybridized carbons (Fsp3) is 0.500. The number of hydrogen-bond donors (Lipinski definition) is 0. The second kappa shape index (κ2) is 7.44. The molecule has 5 nitrogen and oxygen atoms in total. The summed E-state index contributed by atoms with van der Waals surface area (Å²) in [6.45, 7) is 8.85. The van der Waals surface area contributed by atoms with Gasteiger partial charge in [-0.3, -0.25) is 4.89 Å². The largest absolute Gasteiger partial charge is 0.628 e. The molecule has 18 heavy (non-hydrogen) atoms. The zero-order chi connectivity index (χ0) is 14.3. The fourth-order valence-electron chi connectivity index (χ4n) is 0.929. The van der Waals surface area contributed by atoms with Crippen LogP contribution in [0.3, 0.4) is 0 Å². The number of nitrogens with zero attached hydrogens (tertiary/aromatic N) is 1. The molecule has 0 aliphatic heterocycles. The Morgan fingerprint density at radius 2 is 1.94 bits per heavy atom. The molecule has 0 saturated carbocycles. The van der Waals surface area contributed by atoms with Crippen molar-refractivity contribution in [2.75, 3.05) is 33.8 Å². The normalized spacial score (nSPS) is 12.7. The molecule has 1 unspecified atom stereocenters. The Morgan fingerprint density at radius 1 is 1.39 bits per heavy atom. The first kappa shape index (κ1) is 17.0. The molecule has 0 aromatic carbocycles. The molecule has 0 rings (SSSR count). The van der Waals surface area contributed by atoms with Crippen molar-refractivity contribution in [1.82, 2.24) is 0 Å². The van der Waals surface area contributed by atoms with E-state index in [1.54, 1.807) is 0 Å². The molecular formula is C12H21NO4P+. The SMILES string of the molecule is C=CC/[P+]([O-])=C(/C[N+](C)(C)C)OOC(=O)C(=C)C. The van der Waals surface area contributed by atoms with E-state index in [0.717, 1.165) is 0 Å². The van der Waals surface area contributed by atoms with Crippen LogP contribution in [0.4, 0.5) is 0 Å². The summed E-state index contributed by atoms with van der Waals surface area (Å²) >= 11 is 0. The third-order valence-electron chi connectivity index (χ3n) is 1.74. The number of rotatable bonds is 7. The first-order chi connectivity index (χ1) is 8.17. The van der Waals surface area contributed by atoms with Crippen molar-refractivity contribution in [3.63, 3.8) is 0 Å². The molecule has 0 aromatic heterocycles. The van der Waals surface area contributed by atoms with Crippen molar-refractivity contribution < 1.29 is 23.9 Å². The van der Waals surface area contributed by atoms with E-state index in [4.69, 9.17) is 4.89 Å². The van der Waals surface area contributed by atoms with Gasteiger partial charge in [0.05, 0.1) is 28.9 Å². The molecule has 0 fully saturated rings. The Hall–Kier alpha value is -1.00. The van der Waals surface area contributed by atoms with Crippen molar-refractivity contribution >= 4 is 19.2 Å². The summed E-state index contributed by atoms with van der Waals surface area (Å²) < 4.78 is 0.512. The van der Waals surface area contributed by atoms with Gasteiger partial charge < -0.3 is 9.38 Å². The van der Waals surface area contributed by atoms with Crippen LogP contribution in [0.15, 0.2) is 24.8 Å². The standard InChI is InChI=1S/C12H21NO4P/c1-7-8-18(15)11(9-13(4,5)6)16-17-12(14)10(2)3/h7H,1-2,8-9H2,3-6H3/q+1. The van der Waals surface area contributed by atoms with Crippen LogP contribution in [0, 0.1) is 0 Å². The molecule has 102 valence electrons. The van der Waals surface area contributed by atoms with E-state index < -0.39 is 13.7 Å². The Morgan fingerprint density at radius 3 is 2.33 bits per heavy atom. The highest BCUT2D eigenvalue weighted by atomic mass is 31.1. The molecule has 0 amide bonds. The highest BCUT2D eigenvalue weighted by Gasteiger charge is 2.23. The average Bonchev–Trinajstić information content (AvgIpc) is 2.22. The summed E-state index contributed by atoms with van der Waals surface area (Å²) in [6.07, 6.45) is 1.83. The minimum absolute atomic E-state index is 0.221. The number of hydrogen-bond acceptors (Lipinski definition) is 4. The topological polar surface area (TPSA) is 58.6 Å². The lowest BCUT2D eigenvalue weighted by Gasteiger charge is -2.22. The maximum absolute atomic E-state index is 11.9. The lowest BCUT2D eigenvalue weighted by Crippen LogP contribution is -2.40. The van der Waals surface area contributed by atoms with Crippen LogP contribution in [-0.2, 0) is 14.6 Å². The summed E-state index contributed by atoms with van der Waals surface area (Å²) in [7, 11) is 4.00. The highest BCUT2D eigenvalue weighted by molar-refractivity contribution is 7.51. The molecule has 0 aliphatic carbocycles. The number of carbonyl (C=O) groups is 1. The van der Waals surface area contributed by atoms with Crippen LogP contribution < -0.4 is 4.89 Å². The third kappa shape index (κ3) is 7.35. The minimum Gasteiger partial charge on any atom is -0.628 e. The van der Waals surface area contributed by atoms with Gasteiger partial charge in [0.15, 0.2) is 6.54 Å². The van der Waals surface area contributed by atoms with Gasteiger partial charge in [0.1, 0.15) is 6.16 Å². The van der Waals surface area contributed by atoms with Crippen LogP contribution in [0.1, 0.15) is 6.92 Å². The monoisotopic (exact) mass is 274 g/mol. The van der Waals surface area contributed by atoms with E-state index in [2.05, 4.69) is 18.0 Å². The highest BCUT2D eigenvalue weighted by Crippen LogP contribution is 2.16. The number of allylic oxidation sites excluding steroid dienone is 1. The lowest BCUT2D eigenvalue weighted by molar-refractivity contribution is -0.861. The van der Waals surface area contributed by atoms with E-state index in [0.29, 0.717) is 11.0 Å². The second-order valence-electron chi connectivity index (χ2n) is 4.93. The average molecular weight is 274 g/mol. The zero-order valence-electron chi connectivity index (χ0n) is 11.4. The molecule has 0 spiro atoms. The molecule has 0 radical (unpaired) electrons. The van der Waals surface area contributed by atoms with E-state index in [1.807, 2.05) is 21.1 Å². The van der Waals surface area contributed by atoms with Gasteiger partial charge in [-0.2, -0.15) is 0 Å². The smallest absolute Gasteiger partial charge is 0.368 e. The van der Waals surface area contributed by atoms with Crippen LogP contribution in [0.5, 0.6) is 0 Å². The molecule has 0 N–H and O–H groups in total. The second-order valence-corrected chi connectivity index (χ2v) is 6.55. The van der Waals surface area contributed by atoms with Crippen molar-refractivity contribution in [3.8, 4) is 0 Å². The minimum atomic E-state index is -1.75. The van der Waals surface area contributed by atoms with Crippen molar-refractivity contribution in [1.29, 1.82) is 0 Å². The van der Waals surface area contributed by atoms with E-state index in [9.17, 15) is 9.69 Å². The van der Waals surface area contributed by atoms with E-state index in [1.165, 1.54) is 13.0 Å². The molecule has 0 saturated heterocycles. The van der Waals surface area contributed by atoms with Crippen molar-refractivity contribution in [3.05, 3.63) is 24.8 Å². The van der Waals surface area contributed by atoms with Crippen molar-refractivity contribution in [2.24, 2.45) is 0 Å². The molecule has 0 heterocycles. The van der Waals surface area contributed by atoms with Gasteiger partial charge in [0, 0.05) is 5.57 Å². The maximum Gasteiger partial charge on any atom is 0.368 e. The lowest BCUT2D eigenvalue weighted by atomic mass is 10.4. The van der Waals surface area contributed by atoms with Crippen molar-refractivity contribution in [2.45, 2.75) is 6.92 Å². The van der Waals surface area contributed by atoms with Gasteiger partial charge in [-0.25, -0.2) is 4.79 Å². The molecule has 6 heteroatoms. The summed E-state index contributed by atoms with van der Waals surface area (Å²) in [6, 6.07) is 0. The Bertz CT molecular complexity index is 369. The first-order valence-electron chi connectivity index (χ1n) is 5.43. The van der Waals surface area contributed by atoms with Gasteiger partial charge >= 0.3 is 11.4 Å². The molecule has 0 aromatic rings. The predicted molar refractivity (Wildman–Crippen MR) is 71.9 cm³/mol. The van der Waals surface area contributed by atoms with E-state index in [-0.39, 0.29) is 17.2 Å². The molecule has 0 bridgehead atoms. The van der Waals surface area contributed by atoms with Gasteiger partial charge in [-0.1, -0.05) is 18.0 Å². The van der Waals surface area contributed by atoms with Gasteiger partial charge in [0.2, 0.25) is 0 Å². The summed E-state index contributed by atoms with van der Waals surface area (Å²) in [5.41, 5.74) is 0.463. The molecular weight excluding hydrogens is 253 g/mol. The van der Waals surface area contributed by atoms with Crippen LogP contribution in [0.2, 0.25) is 0 Å². The van der Waals surface area contributed by atoms with Gasteiger partial charge in [0.25, 0.3) is 0 Å². The quantitative estimate of drug-likeness (QED) is 0.172.